The fourth-order valence-electron chi connectivity index (χ4n) is 3.85. The second kappa shape index (κ2) is 7.05. The monoisotopic (exact) mass is 268 g/mol. The highest BCUT2D eigenvalue weighted by atomic mass is 16.3. The summed E-state index contributed by atoms with van der Waals surface area (Å²) in [7, 11) is 2.23. The average molecular weight is 268 g/mol. The maximum Gasteiger partial charge on any atom is 0.0499 e. The number of aliphatic hydroxyl groups is 1. The molecule has 2 atom stereocenters. The lowest BCUT2D eigenvalue weighted by molar-refractivity contribution is 0.0730. The van der Waals surface area contributed by atoms with Crippen LogP contribution in [0.5, 0.6) is 0 Å². The summed E-state index contributed by atoms with van der Waals surface area (Å²) in [6.45, 7) is 6.17. The Morgan fingerprint density at radius 3 is 2.63 bits per heavy atom. The smallest absolute Gasteiger partial charge is 0.0499 e. The summed E-state index contributed by atoms with van der Waals surface area (Å²) in [5, 5.41) is 13.5. The van der Waals surface area contributed by atoms with Gasteiger partial charge in [-0.3, -0.25) is 0 Å². The molecule has 0 aromatic heterocycles. The van der Waals surface area contributed by atoms with Gasteiger partial charge in [-0.15, -0.1) is 0 Å². The molecule has 1 saturated heterocycles. The van der Waals surface area contributed by atoms with Gasteiger partial charge in [0, 0.05) is 31.2 Å². The van der Waals surface area contributed by atoms with E-state index < -0.39 is 0 Å². The van der Waals surface area contributed by atoms with Crippen molar-refractivity contribution in [3.8, 4) is 0 Å². The van der Waals surface area contributed by atoms with E-state index in [4.69, 9.17) is 0 Å². The number of rotatable bonds is 5. The molecule has 0 spiro atoms. The summed E-state index contributed by atoms with van der Waals surface area (Å²) >= 11 is 0. The molecule has 0 radical (unpaired) electrons. The van der Waals surface area contributed by atoms with Gasteiger partial charge < -0.3 is 15.3 Å². The lowest BCUT2D eigenvalue weighted by Gasteiger charge is -2.39. The van der Waals surface area contributed by atoms with Gasteiger partial charge in [0.25, 0.3) is 0 Å². The van der Waals surface area contributed by atoms with Crippen LogP contribution < -0.4 is 5.32 Å². The summed E-state index contributed by atoms with van der Waals surface area (Å²) in [5.41, 5.74) is 0.174. The van der Waals surface area contributed by atoms with Crippen molar-refractivity contribution < 1.29 is 5.11 Å². The molecule has 1 aliphatic carbocycles. The second-order valence-corrected chi connectivity index (χ2v) is 7.05. The first-order valence-corrected chi connectivity index (χ1v) is 8.18. The van der Waals surface area contributed by atoms with E-state index in [1.54, 1.807) is 0 Å². The normalized spacial score (nSPS) is 30.2. The first kappa shape index (κ1) is 15.3. The van der Waals surface area contributed by atoms with Crippen molar-refractivity contribution in [1.82, 2.24) is 10.2 Å². The average Bonchev–Trinajstić information content (AvgIpc) is 2.46. The van der Waals surface area contributed by atoms with Crippen LogP contribution in [0.1, 0.15) is 51.9 Å². The van der Waals surface area contributed by atoms with Crippen molar-refractivity contribution in [1.29, 1.82) is 0 Å². The fourth-order valence-corrected chi connectivity index (χ4v) is 3.85. The summed E-state index contributed by atoms with van der Waals surface area (Å²) in [6.07, 6.45) is 9.03. The molecule has 2 fully saturated rings. The highest BCUT2D eigenvalue weighted by Gasteiger charge is 2.32. The zero-order valence-electron chi connectivity index (χ0n) is 12.8. The van der Waals surface area contributed by atoms with Crippen LogP contribution in [0.15, 0.2) is 0 Å². The van der Waals surface area contributed by atoms with E-state index in [0.717, 1.165) is 12.5 Å². The third-order valence-corrected chi connectivity index (χ3v) is 5.42. The maximum atomic E-state index is 9.76. The summed E-state index contributed by atoms with van der Waals surface area (Å²) in [6, 6.07) is 0.577. The van der Waals surface area contributed by atoms with Crippen LogP contribution in [-0.2, 0) is 0 Å². The van der Waals surface area contributed by atoms with Gasteiger partial charge in [-0.25, -0.2) is 0 Å². The van der Waals surface area contributed by atoms with Gasteiger partial charge in [-0.2, -0.15) is 0 Å². The SMILES string of the molecule is CC(NCC1(CO)CCCCC1)C1CCCN(C)C1. The van der Waals surface area contributed by atoms with Crippen molar-refractivity contribution in [3.63, 3.8) is 0 Å². The molecule has 2 N–H and O–H groups in total. The molecule has 1 saturated carbocycles. The minimum Gasteiger partial charge on any atom is -0.396 e. The van der Waals surface area contributed by atoms with Crippen molar-refractivity contribution >= 4 is 0 Å². The Kier molecular flexibility index (Phi) is 5.67. The van der Waals surface area contributed by atoms with Crippen molar-refractivity contribution in [2.45, 2.75) is 57.9 Å². The molecule has 0 amide bonds. The maximum absolute atomic E-state index is 9.76. The minimum absolute atomic E-state index is 0.174. The van der Waals surface area contributed by atoms with Crippen LogP contribution >= 0.6 is 0 Å². The quantitative estimate of drug-likeness (QED) is 0.803. The Morgan fingerprint density at radius 1 is 1.26 bits per heavy atom. The number of likely N-dealkylation sites (tertiary alicyclic amines) is 1. The summed E-state index contributed by atoms with van der Waals surface area (Å²) in [4.78, 5) is 2.45. The number of nitrogens with one attached hydrogen (secondary N) is 1. The van der Waals surface area contributed by atoms with Crippen molar-refractivity contribution in [2.75, 3.05) is 33.3 Å². The lowest BCUT2D eigenvalue weighted by Crippen LogP contribution is -2.47. The number of hydrogen-bond donors (Lipinski definition) is 2. The molecule has 2 rings (SSSR count). The Labute approximate surface area is 118 Å². The Bertz CT molecular complexity index is 263. The van der Waals surface area contributed by atoms with Crippen molar-refractivity contribution in [3.05, 3.63) is 0 Å². The number of aliphatic hydroxyl groups excluding tert-OH is 1. The molecular weight excluding hydrogens is 236 g/mol. The van der Waals surface area contributed by atoms with E-state index in [-0.39, 0.29) is 5.41 Å². The van der Waals surface area contributed by atoms with E-state index in [0.29, 0.717) is 12.6 Å². The minimum atomic E-state index is 0.174. The van der Waals surface area contributed by atoms with Gasteiger partial charge >= 0.3 is 0 Å². The van der Waals surface area contributed by atoms with Crippen LogP contribution in [0.3, 0.4) is 0 Å². The molecule has 19 heavy (non-hydrogen) atoms. The summed E-state index contributed by atoms with van der Waals surface area (Å²) in [5.74, 6) is 0.776. The number of nitrogens with zero attached hydrogens (tertiary/aromatic N) is 1. The Hall–Kier alpha value is -0.120. The van der Waals surface area contributed by atoms with E-state index in [1.807, 2.05) is 0 Å². The van der Waals surface area contributed by atoms with Gasteiger partial charge in [0.1, 0.15) is 0 Å². The Morgan fingerprint density at radius 2 is 2.00 bits per heavy atom. The molecule has 0 aromatic carbocycles. The highest BCUT2D eigenvalue weighted by Crippen LogP contribution is 2.35. The van der Waals surface area contributed by atoms with Crippen molar-refractivity contribution in [2.24, 2.45) is 11.3 Å². The molecular formula is C16H32N2O. The van der Waals surface area contributed by atoms with Gasteiger partial charge in [0.15, 0.2) is 0 Å². The molecule has 3 nitrogen and oxygen atoms in total. The summed E-state index contributed by atoms with van der Waals surface area (Å²) < 4.78 is 0. The lowest BCUT2D eigenvalue weighted by atomic mass is 9.74. The van der Waals surface area contributed by atoms with Crippen LogP contribution in [0.4, 0.5) is 0 Å². The first-order chi connectivity index (χ1) is 9.15. The van der Waals surface area contributed by atoms with E-state index >= 15 is 0 Å². The van der Waals surface area contributed by atoms with Crippen LogP contribution in [0.2, 0.25) is 0 Å². The molecule has 2 unspecified atom stereocenters. The Balaban J connectivity index is 1.79. The second-order valence-electron chi connectivity index (χ2n) is 7.05. The largest absolute Gasteiger partial charge is 0.396 e. The van der Waals surface area contributed by atoms with Gasteiger partial charge in [-0.05, 0) is 52.1 Å². The van der Waals surface area contributed by atoms with E-state index in [1.165, 1.54) is 58.0 Å². The predicted molar refractivity (Wildman–Crippen MR) is 80.3 cm³/mol. The standard InChI is InChI=1S/C16H32N2O/c1-14(15-7-6-10-18(2)11-15)17-12-16(13-19)8-4-3-5-9-16/h14-15,17,19H,3-13H2,1-2H3. The highest BCUT2D eigenvalue weighted by molar-refractivity contribution is 4.87. The molecule has 3 heteroatoms. The third kappa shape index (κ3) is 4.17. The van der Waals surface area contributed by atoms with Crippen LogP contribution in [0.25, 0.3) is 0 Å². The molecule has 1 aliphatic heterocycles. The number of piperidine rings is 1. The van der Waals surface area contributed by atoms with Crippen LogP contribution in [-0.4, -0.2) is 49.3 Å². The van der Waals surface area contributed by atoms with Gasteiger partial charge in [-0.1, -0.05) is 19.3 Å². The molecule has 0 aromatic rings. The van der Waals surface area contributed by atoms with E-state index in [2.05, 4.69) is 24.2 Å². The molecule has 1 heterocycles. The topological polar surface area (TPSA) is 35.5 Å². The third-order valence-electron chi connectivity index (χ3n) is 5.42. The fraction of sp³-hybridized carbons (Fsp3) is 1.00. The molecule has 0 bridgehead atoms. The first-order valence-electron chi connectivity index (χ1n) is 8.18. The number of hydrogen-bond acceptors (Lipinski definition) is 3. The van der Waals surface area contributed by atoms with E-state index in [9.17, 15) is 5.11 Å². The zero-order chi connectivity index (χ0) is 13.7. The molecule has 112 valence electrons. The predicted octanol–water partition coefficient (Wildman–Crippen LogP) is 2.25. The van der Waals surface area contributed by atoms with Gasteiger partial charge in [0.05, 0.1) is 0 Å². The van der Waals surface area contributed by atoms with Gasteiger partial charge in [0.2, 0.25) is 0 Å². The molecule has 2 aliphatic rings. The van der Waals surface area contributed by atoms with Crippen LogP contribution in [0, 0.1) is 11.3 Å². The zero-order valence-corrected chi connectivity index (χ0v) is 12.8.